The van der Waals surface area contributed by atoms with Gasteiger partial charge in [0.15, 0.2) is 0 Å². The molecule has 0 bridgehead atoms. The minimum absolute atomic E-state index is 0.0524. The molecule has 8 nitrogen and oxygen atoms in total. The van der Waals surface area contributed by atoms with Crippen LogP contribution in [0.4, 0.5) is 10.5 Å². The summed E-state index contributed by atoms with van der Waals surface area (Å²) in [7, 11) is 1.42. The van der Waals surface area contributed by atoms with Crippen molar-refractivity contribution in [2.45, 2.75) is 64.0 Å². The van der Waals surface area contributed by atoms with E-state index in [-0.39, 0.29) is 24.1 Å². The van der Waals surface area contributed by atoms with Crippen LogP contribution in [0.1, 0.15) is 62.2 Å². The van der Waals surface area contributed by atoms with Crippen LogP contribution in [-0.4, -0.2) is 44.9 Å². The third-order valence-electron chi connectivity index (χ3n) is 8.24. The monoisotopic (exact) mass is 500 g/mol. The zero-order valence-corrected chi connectivity index (χ0v) is 21.2. The maximum Gasteiger partial charge on any atom is 0.414 e. The SMILES string of the molecule is COC(=O)N1c2ccc3c(nc(Cc4cc5ccccc5[nH]4)n3[C@H]3CC[C@H](C(=O)O)CC3)c2CC[C@@H]1C. The number of carbonyl (C=O) groups excluding carboxylic acids is 1. The van der Waals surface area contributed by atoms with Crippen molar-refractivity contribution in [2.75, 3.05) is 12.0 Å². The molecule has 1 fully saturated rings. The van der Waals surface area contributed by atoms with E-state index in [1.54, 1.807) is 4.90 Å². The number of ether oxygens (including phenoxy) is 1. The number of H-pyrrole nitrogens is 1. The quantitative estimate of drug-likeness (QED) is 0.367. The topological polar surface area (TPSA) is 100 Å². The van der Waals surface area contributed by atoms with Crippen molar-refractivity contribution in [3.8, 4) is 0 Å². The number of fused-ring (bicyclic) bond motifs is 4. The second-order valence-corrected chi connectivity index (χ2v) is 10.5. The highest BCUT2D eigenvalue weighted by atomic mass is 16.5. The summed E-state index contributed by atoms with van der Waals surface area (Å²) in [5, 5.41) is 10.7. The van der Waals surface area contributed by atoms with E-state index in [4.69, 9.17) is 9.72 Å². The van der Waals surface area contributed by atoms with Crippen LogP contribution in [0.25, 0.3) is 21.9 Å². The number of para-hydroxylation sites is 1. The van der Waals surface area contributed by atoms with Crippen molar-refractivity contribution >= 4 is 39.7 Å². The van der Waals surface area contributed by atoms with Crippen molar-refractivity contribution < 1.29 is 19.4 Å². The normalized spacial score (nSPS) is 21.8. The summed E-state index contributed by atoms with van der Waals surface area (Å²) in [6.07, 6.45) is 4.94. The average molecular weight is 501 g/mol. The summed E-state index contributed by atoms with van der Waals surface area (Å²) < 4.78 is 7.45. The lowest BCUT2D eigenvalue weighted by molar-refractivity contribution is -0.143. The molecule has 2 aromatic heterocycles. The van der Waals surface area contributed by atoms with Gasteiger partial charge in [-0.05, 0) is 75.1 Å². The van der Waals surface area contributed by atoms with Gasteiger partial charge in [0.25, 0.3) is 0 Å². The zero-order valence-electron chi connectivity index (χ0n) is 21.2. The Bertz CT molecular complexity index is 1460. The molecule has 0 radical (unpaired) electrons. The van der Waals surface area contributed by atoms with Crippen molar-refractivity contribution in [2.24, 2.45) is 5.92 Å². The Hall–Kier alpha value is -3.81. The van der Waals surface area contributed by atoms with Gasteiger partial charge in [-0.15, -0.1) is 0 Å². The second kappa shape index (κ2) is 9.25. The fourth-order valence-corrected chi connectivity index (χ4v) is 6.34. The number of hydrogen-bond donors (Lipinski definition) is 2. The highest BCUT2D eigenvalue weighted by molar-refractivity contribution is 5.95. The summed E-state index contributed by atoms with van der Waals surface area (Å²) in [4.78, 5) is 34.7. The molecule has 37 heavy (non-hydrogen) atoms. The molecule has 2 aliphatic rings. The van der Waals surface area contributed by atoms with Gasteiger partial charge in [-0.3, -0.25) is 9.69 Å². The molecular formula is C29H32N4O4. The number of methoxy groups -OCH3 is 1. The van der Waals surface area contributed by atoms with Crippen LogP contribution in [0.15, 0.2) is 42.5 Å². The third-order valence-corrected chi connectivity index (χ3v) is 8.24. The van der Waals surface area contributed by atoms with Gasteiger partial charge in [-0.1, -0.05) is 18.2 Å². The number of aromatic amines is 1. The summed E-state index contributed by atoms with van der Waals surface area (Å²) in [6.45, 7) is 2.05. The summed E-state index contributed by atoms with van der Waals surface area (Å²) >= 11 is 0. The highest BCUT2D eigenvalue weighted by Crippen LogP contribution is 2.40. The predicted octanol–water partition coefficient (Wildman–Crippen LogP) is 5.83. The molecule has 1 saturated carbocycles. The van der Waals surface area contributed by atoms with Gasteiger partial charge in [0.1, 0.15) is 5.82 Å². The fourth-order valence-electron chi connectivity index (χ4n) is 6.34. The van der Waals surface area contributed by atoms with Crippen LogP contribution in [0.3, 0.4) is 0 Å². The Morgan fingerprint density at radius 3 is 2.62 bits per heavy atom. The van der Waals surface area contributed by atoms with Crippen molar-refractivity contribution in [1.82, 2.24) is 14.5 Å². The van der Waals surface area contributed by atoms with Crippen LogP contribution in [0.2, 0.25) is 0 Å². The Balaban J connectivity index is 1.46. The van der Waals surface area contributed by atoms with Crippen molar-refractivity contribution in [3.05, 3.63) is 59.5 Å². The lowest BCUT2D eigenvalue weighted by Gasteiger charge is -2.34. The lowest BCUT2D eigenvalue weighted by Crippen LogP contribution is -2.42. The lowest BCUT2D eigenvalue weighted by atomic mass is 9.85. The molecule has 3 heterocycles. The van der Waals surface area contributed by atoms with Gasteiger partial charge in [0, 0.05) is 35.3 Å². The first-order chi connectivity index (χ1) is 17.9. The zero-order chi connectivity index (χ0) is 25.7. The van der Waals surface area contributed by atoms with E-state index in [1.165, 1.54) is 12.5 Å². The third kappa shape index (κ3) is 4.04. The molecule has 1 aliphatic carbocycles. The smallest absolute Gasteiger partial charge is 0.414 e. The number of aromatic nitrogens is 3. The summed E-state index contributed by atoms with van der Waals surface area (Å²) in [5.41, 5.74) is 6.14. The largest absolute Gasteiger partial charge is 0.481 e. The van der Waals surface area contributed by atoms with Crippen molar-refractivity contribution in [3.63, 3.8) is 0 Å². The Morgan fingerprint density at radius 1 is 1.11 bits per heavy atom. The second-order valence-electron chi connectivity index (χ2n) is 10.5. The van der Waals surface area contributed by atoms with E-state index in [2.05, 4.69) is 33.8 Å². The Morgan fingerprint density at radius 2 is 1.89 bits per heavy atom. The molecule has 192 valence electrons. The molecule has 0 unspecified atom stereocenters. The van der Waals surface area contributed by atoms with Crippen molar-refractivity contribution in [1.29, 1.82) is 0 Å². The molecule has 2 N–H and O–H groups in total. The molecule has 2 aromatic carbocycles. The molecule has 8 heteroatoms. The van der Waals surface area contributed by atoms with Gasteiger partial charge in [0.05, 0.1) is 29.7 Å². The molecule has 0 spiro atoms. The van der Waals surface area contributed by atoms with Gasteiger partial charge >= 0.3 is 12.1 Å². The molecule has 1 atom stereocenters. The first-order valence-corrected chi connectivity index (χ1v) is 13.1. The molecule has 0 saturated heterocycles. The van der Waals surface area contributed by atoms with E-state index < -0.39 is 5.97 Å². The minimum atomic E-state index is -0.696. The number of carboxylic acid groups (broad SMARTS) is 1. The number of anilines is 1. The fraction of sp³-hybridized carbons (Fsp3) is 0.414. The number of aryl methyl sites for hydroxylation is 1. The number of amides is 1. The summed E-state index contributed by atoms with van der Waals surface area (Å²) in [5.74, 6) is 0.00125. The minimum Gasteiger partial charge on any atom is -0.481 e. The van der Waals surface area contributed by atoms with Crippen LogP contribution in [-0.2, 0) is 22.4 Å². The van der Waals surface area contributed by atoms with E-state index in [9.17, 15) is 14.7 Å². The first-order valence-electron chi connectivity index (χ1n) is 13.1. The number of carbonyl (C=O) groups is 2. The maximum atomic E-state index is 12.6. The van der Waals surface area contributed by atoms with E-state index >= 15 is 0 Å². The van der Waals surface area contributed by atoms with Gasteiger partial charge in [0.2, 0.25) is 0 Å². The standard InChI is InChI=1S/C29H32N4O4/c1-17-7-12-22-24(32(17)29(36)37-2)13-14-25-27(22)31-26(16-20-15-19-5-3-4-6-23(19)30-20)33(25)21-10-8-18(9-11-21)28(34)35/h3-6,13-15,17-18,21,30H,7-12,16H2,1-2H3,(H,34,35)/t17-,18-,21-/m0/s1. The van der Waals surface area contributed by atoms with E-state index in [0.29, 0.717) is 19.3 Å². The number of nitrogens with zero attached hydrogens (tertiary/aromatic N) is 3. The van der Waals surface area contributed by atoms with Gasteiger partial charge in [-0.25, -0.2) is 9.78 Å². The van der Waals surface area contributed by atoms with Crippen LogP contribution < -0.4 is 4.90 Å². The summed E-state index contributed by atoms with van der Waals surface area (Å²) in [6, 6.07) is 14.8. The number of imidazole rings is 1. The first kappa shape index (κ1) is 23.6. The highest BCUT2D eigenvalue weighted by Gasteiger charge is 2.33. The molecule has 1 amide bonds. The number of benzene rings is 2. The molecule has 4 aromatic rings. The van der Waals surface area contributed by atoms with Crippen LogP contribution in [0.5, 0.6) is 0 Å². The van der Waals surface area contributed by atoms with Crippen LogP contribution in [0, 0.1) is 5.92 Å². The number of nitrogens with one attached hydrogen (secondary N) is 1. The Kier molecular flexibility index (Phi) is 5.89. The number of hydrogen-bond acceptors (Lipinski definition) is 4. The predicted molar refractivity (Wildman–Crippen MR) is 142 cm³/mol. The number of aliphatic carboxylic acids is 1. The number of rotatable bonds is 4. The molecular weight excluding hydrogens is 468 g/mol. The number of carboxylic acids is 1. The maximum absolute atomic E-state index is 12.6. The molecule has 6 rings (SSSR count). The van der Waals surface area contributed by atoms with E-state index in [1.807, 2.05) is 25.1 Å². The average Bonchev–Trinajstić information content (AvgIpc) is 3.48. The Labute approximate surface area is 215 Å². The molecule has 1 aliphatic heterocycles. The van der Waals surface area contributed by atoms with Gasteiger partial charge < -0.3 is 19.4 Å². The van der Waals surface area contributed by atoms with E-state index in [0.717, 1.165) is 65.0 Å². The van der Waals surface area contributed by atoms with Gasteiger partial charge in [-0.2, -0.15) is 0 Å². The van der Waals surface area contributed by atoms with Crippen LogP contribution >= 0.6 is 0 Å².